The Morgan fingerprint density at radius 1 is 1.00 bits per heavy atom. The van der Waals surface area contributed by atoms with Crippen LogP contribution in [0.5, 0.6) is 0 Å². The molecule has 106 valence electrons. The summed E-state index contributed by atoms with van der Waals surface area (Å²) in [6, 6.07) is 9.28. The molecule has 0 aliphatic heterocycles. The van der Waals surface area contributed by atoms with Crippen molar-refractivity contribution in [2.75, 3.05) is 0 Å². The van der Waals surface area contributed by atoms with Gasteiger partial charge in [0.25, 0.3) is 0 Å². The van der Waals surface area contributed by atoms with Gasteiger partial charge in [-0.2, -0.15) is 0 Å². The van der Waals surface area contributed by atoms with Crippen LogP contribution in [0.1, 0.15) is 55.4 Å². The van der Waals surface area contributed by atoms with Gasteiger partial charge < -0.3 is 5.32 Å². The summed E-state index contributed by atoms with van der Waals surface area (Å²) in [6.45, 7) is 8.49. The van der Waals surface area contributed by atoms with Crippen LogP contribution in [0.15, 0.2) is 36.7 Å². The molecule has 1 aromatic heterocycles. The molecule has 0 amide bonds. The maximum atomic E-state index is 4.43. The van der Waals surface area contributed by atoms with Crippen LogP contribution in [0.25, 0.3) is 0 Å². The first kappa shape index (κ1) is 14.7. The molecule has 2 atom stereocenters. The van der Waals surface area contributed by atoms with Crippen molar-refractivity contribution < 1.29 is 0 Å². The van der Waals surface area contributed by atoms with E-state index < -0.39 is 0 Å². The minimum Gasteiger partial charge on any atom is -0.302 e. The Morgan fingerprint density at radius 3 is 2.25 bits per heavy atom. The minimum atomic E-state index is 0.185. The summed E-state index contributed by atoms with van der Waals surface area (Å²) in [7, 11) is 0. The van der Waals surface area contributed by atoms with Crippen molar-refractivity contribution in [1.82, 2.24) is 15.3 Å². The van der Waals surface area contributed by atoms with Gasteiger partial charge in [-0.3, -0.25) is 9.97 Å². The Kier molecular flexibility index (Phi) is 4.85. The maximum Gasteiger partial charge on any atom is 0.0782 e. The lowest BCUT2D eigenvalue weighted by Crippen LogP contribution is -2.24. The Morgan fingerprint density at radius 2 is 1.65 bits per heavy atom. The summed E-state index contributed by atoms with van der Waals surface area (Å²) in [4.78, 5) is 8.73. The number of nitrogens with zero attached hydrogens (tertiary/aromatic N) is 2. The van der Waals surface area contributed by atoms with E-state index in [2.05, 4.69) is 60.3 Å². The molecule has 3 nitrogen and oxygen atoms in total. The van der Waals surface area contributed by atoms with Crippen LogP contribution in [0.4, 0.5) is 0 Å². The fraction of sp³-hybridized carbons (Fsp3) is 0.412. The van der Waals surface area contributed by atoms with Gasteiger partial charge in [0, 0.05) is 24.5 Å². The molecule has 2 rings (SSSR count). The molecule has 20 heavy (non-hydrogen) atoms. The van der Waals surface area contributed by atoms with Gasteiger partial charge in [0.15, 0.2) is 0 Å². The van der Waals surface area contributed by atoms with Crippen molar-refractivity contribution in [1.29, 1.82) is 0 Å². The van der Waals surface area contributed by atoms with Crippen LogP contribution in [0.2, 0.25) is 0 Å². The molecule has 1 N–H and O–H groups in total. The van der Waals surface area contributed by atoms with Crippen LogP contribution < -0.4 is 5.32 Å². The molecule has 2 unspecified atom stereocenters. The SMILES string of the molecule is CCc1ccc(C(C)NC(C)c2nccnc2C)cc1. The lowest BCUT2D eigenvalue weighted by Gasteiger charge is -2.21. The normalized spacial score (nSPS) is 14.0. The van der Waals surface area contributed by atoms with Gasteiger partial charge in [-0.25, -0.2) is 0 Å². The molecule has 1 aromatic carbocycles. The molecule has 0 radical (unpaired) electrons. The van der Waals surface area contributed by atoms with Crippen LogP contribution in [-0.4, -0.2) is 9.97 Å². The van der Waals surface area contributed by atoms with Gasteiger partial charge in [0.1, 0.15) is 0 Å². The van der Waals surface area contributed by atoms with E-state index in [0.717, 1.165) is 17.8 Å². The molecule has 0 spiro atoms. The van der Waals surface area contributed by atoms with Crippen molar-refractivity contribution in [3.8, 4) is 0 Å². The van der Waals surface area contributed by atoms with Gasteiger partial charge in [-0.05, 0) is 38.3 Å². The first-order valence-corrected chi connectivity index (χ1v) is 7.24. The molecule has 0 fully saturated rings. The highest BCUT2D eigenvalue weighted by atomic mass is 15.0. The van der Waals surface area contributed by atoms with E-state index in [-0.39, 0.29) is 12.1 Å². The molecule has 0 saturated heterocycles. The van der Waals surface area contributed by atoms with Crippen molar-refractivity contribution in [3.05, 3.63) is 59.2 Å². The fourth-order valence-corrected chi connectivity index (χ4v) is 2.44. The number of rotatable bonds is 5. The van der Waals surface area contributed by atoms with Crippen molar-refractivity contribution in [2.45, 2.75) is 46.2 Å². The average Bonchev–Trinajstić information content (AvgIpc) is 2.47. The third-order valence-electron chi connectivity index (χ3n) is 3.72. The zero-order chi connectivity index (χ0) is 14.5. The van der Waals surface area contributed by atoms with Crippen molar-refractivity contribution in [2.24, 2.45) is 0 Å². The predicted molar refractivity (Wildman–Crippen MR) is 82.6 cm³/mol. The third kappa shape index (κ3) is 3.42. The van der Waals surface area contributed by atoms with Gasteiger partial charge in [0.2, 0.25) is 0 Å². The second-order valence-corrected chi connectivity index (χ2v) is 5.23. The second kappa shape index (κ2) is 6.62. The summed E-state index contributed by atoms with van der Waals surface area (Å²) in [5.74, 6) is 0. The number of hydrogen-bond donors (Lipinski definition) is 1. The zero-order valence-electron chi connectivity index (χ0n) is 12.7. The van der Waals surface area contributed by atoms with E-state index in [1.165, 1.54) is 11.1 Å². The van der Waals surface area contributed by atoms with Crippen LogP contribution >= 0.6 is 0 Å². The number of nitrogens with one attached hydrogen (secondary N) is 1. The number of hydrogen-bond acceptors (Lipinski definition) is 3. The Labute approximate surface area is 121 Å². The lowest BCUT2D eigenvalue weighted by atomic mass is 10.0. The fourth-order valence-electron chi connectivity index (χ4n) is 2.44. The van der Waals surface area contributed by atoms with Crippen LogP contribution in [0, 0.1) is 6.92 Å². The van der Waals surface area contributed by atoms with Crippen molar-refractivity contribution >= 4 is 0 Å². The summed E-state index contributed by atoms with van der Waals surface area (Å²) >= 11 is 0. The second-order valence-electron chi connectivity index (χ2n) is 5.23. The molecule has 0 saturated carbocycles. The highest BCUT2D eigenvalue weighted by Gasteiger charge is 2.14. The van der Waals surface area contributed by atoms with E-state index in [0.29, 0.717) is 0 Å². The summed E-state index contributed by atoms with van der Waals surface area (Å²) < 4.78 is 0. The van der Waals surface area contributed by atoms with Crippen molar-refractivity contribution in [3.63, 3.8) is 0 Å². The highest BCUT2D eigenvalue weighted by molar-refractivity contribution is 5.25. The zero-order valence-corrected chi connectivity index (χ0v) is 12.7. The largest absolute Gasteiger partial charge is 0.302 e. The molecule has 0 aliphatic rings. The van der Waals surface area contributed by atoms with Gasteiger partial charge in [-0.1, -0.05) is 31.2 Å². The number of aryl methyl sites for hydroxylation is 2. The molecular weight excluding hydrogens is 246 g/mol. The quantitative estimate of drug-likeness (QED) is 0.898. The molecule has 1 heterocycles. The Hall–Kier alpha value is -1.74. The lowest BCUT2D eigenvalue weighted by molar-refractivity contribution is 0.483. The first-order chi connectivity index (χ1) is 9.61. The highest BCUT2D eigenvalue weighted by Crippen LogP contribution is 2.19. The molecule has 0 bridgehead atoms. The third-order valence-corrected chi connectivity index (χ3v) is 3.72. The van der Waals surface area contributed by atoms with Gasteiger partial charge >= 0.3 is 0 Å². The summed E-state index contributed by atoms with van der Waals surface area (Å²) in [5.41, 5.74) is 4.68. The summed E-state index contributed by atoms with van der Waals surface area (Å²) in [5, 5.41) is 3.59. The maximum absolute atomic E-state index is 4.43. The van der Waals surface area contributed by atoms with Crippen LogP contribution in [0.3, 0.4) is 0 Å². The average molecular weight is 269 g/mol. The van der Waals surface area contributed by atoms with E-state index in [1.807, 2.05) is 6.92 Å². The monoisotopic (exact) mass is 269 g/mol. The smallest absolute Gasteiger partial charge is 0.0782 e. The standard InChI is InChI=1S/C17H23N3/c1-5-15-6-8-16(9-7-15)12(2)20-14(4)17-13(3)18-10-11-19-17/h6-12,14,20H,5H2,1-4H3. The molecular formula is C17H23N3. The number of benzene rings is 1. The topological polar surface area (TPSA) is 37.8 Å². The van der Waals surface area contributed by atoms with E-state index >= 15 is 0 Å². The molecule has 0 aliphatic carbocycles. The van der Waals surface area contributed by atoms with Crippen LogP contribution in [-0.2, 0) is 6.42 Å². The van der Waals surface area contributed by atoms with Gasteiger partial charge in [0.05, 0.1) is 11.4 Å². The van der Waals surface area contributed by atoms with Gasteiger partial charge in [-0.15, -0.1) is 0 Å². The minimum absolute atomic E-state index is 0.185. The van der Waals surface area contributed by atoms with E-state index in [1.54, 1.807) is 12.4 Å². The van der Waals surface area contributed by atoms with E-state index in [4.69, 9.17) is 0 Å². The predicted octanol–water partition coefficient (Wildman–Crippen LogP) is 3.76. The number of aromatic nitrogens is 2. The Balaban J connectivity index is 2.06. The molecule has 3 heteroatoms. The van der Waals surface area contributed by atoms with E-state index in [9.17, 15) is 0 Å². The summed E-state index contributed by atoms with van der Waals surface area (Å²) in [6.07, 6.45) is 4.57. The Bertz CT molecular complexity index is 548. The first-order valence-electron chi connectivity index (χ1n) is 7.24. The molecule has 2 aromatic rings.